The SMILES string of the molecule is O=C(c1ccc(CC2CCN(Cc3ccc(C(F)(F)F)cc3)CC2)cc1)N1CCOCC1. The molecular formula is C25H29F3N2O2. The van der Waals surface area contributed by atoms with Crippen molar-refractivity contribution in [2.24, 2.45) is 5.92 Å². The van der Waals surface area contributed by atoms with E-state index in [-0.39, 0.29) is 5.91 Å². The molecule has 0 aliphatic carbocycles. The van der Waals surface area contributed by atoms with Gasteiger partial charge in [-0.05, 0) is 73.7 Å². The Bertz CT molecular complexity index is 883. The van der Waals surface area contributed by atoms with E-state index in [0.29, 0.717) is 38.8 Å². The minimum atomic E-state index is -4.29. The van der Waals surface area contributed by atoms with Crippen LogP contribution in [0.1, 0.15) is 39.9 Å². The third kappa shape index (κ3) is 5.90. The molecule has 2 aliphatic rings. The van der Waals surface area contributed by atoms with Crippen molar-refractivity contribution < 1.29 is 22.7 Å². The minimum absolute atomic E-state index is 0.0661. The Hall–Kier alpha value is -2.38. The van der Waals surface area contributed by atoms with Gasteiger partial charge in [-0.15, -0.1) is 0 Å². The normalized spacial score (nSPS) is 18.7. The van der Waals surface area contributed by atoms with Crippen LogP contribution in [0, 0.1) is 5.92 Å². The van der Waals surface area contributed by atoms with Crippen molar-refractivity contribution in [3.8, 4) is 0 Å². The Morgan fingerprint density at radius 3 is 2.06 bits per heavy atom. The second-order valence-electron chi connectivity index (χ2n) is 8.72. The van der Waals surface area contributed by atoms with E-state index in [4.69, 9.17) is 4.74 Å². The Balaban J connectivity index is 1.24. The number of alkyl halides is 3. The van der Waals surface area contributed by atoms with Crippen molar-refractivity contribution in [1.82, 2.24) is 9.80 Å². The van der Waals surface area contributed by atoms with Gasteiger partial charge < -0.3 is 9.64 Å². The largest absolute Gasteiger partial charge is 0.416 e. The highest BCUT2D eigenvalue weighted by atomic mass is 19.4. The van der Waals surface area contributed by atoms with Crippen LogP contribution in [0.3, 0.4) is 0 Å². The Morgan fingerprint density at radius 1 is 0.875 bits per heavy atom. The number of rotatable bonds is 5. The van der Waals surface area contributed by atoms with Gasteiger partial charge in [-0.1, -0.05) is 24.3 Å². The number of carbonyl (C=O) groups excluding carboxylic acids is 1. The van der Waals surface area contributed by atoms with Crippen LogP contribution < -0.4 is 0 Å². The summed E-state index contributed by atoms with van der Waals surface area (Å²) >= 11 is 0. The van der Waals surface area contributed by atoms with Crippen molar-refractivity contribution in [2.75, 3.05) is 39.4 Å². The first kappa shape index (κ1) is 22.8. The zero-order valence-electron chi connectivity index (χ0n) is 18.1. The van der Waals surface area contributed by atoms with Gasteiger partial charge in [0.25, 0.3) is 5.91 Å². The van der Waals surface area contributed by atoms with Gasteiger partial charge in [0.1, 0.15) is 0 Å². The minimum Gasteiger partial charge on any atom is -0.378 e. The molecule has 0 unspecified atom stereocenters. The van der Waals surface area contributed by atoms with Crippen LogP contribution in [0.15, 0.2) is 48.5 Å². The maximum absolute atomic E-state index is 12.7. The van der Waals surface area contributed by atoms with Gasteiger partial charge in [0.15, 0.2) is 0 Å². The lowest BCUT2D eigenvalue weighted by Crippen LogP contribution is -2.40. The van der Waals surface area contributed by atoms with Crippen LogP contribution in [-0.4, -0.2) is 55.1 Å². The predicted molar refractivity (Wildman–Crippen MR) is 116 cm³/mol. The van der Waals surface area contributed by atoms with Crippen molar-refractivity contribution in [1.29, 1.82) is 0 Å². The number of piperidine rings is 1. The van der Waals surface area contributed by atoms with E-state index >= 15 is 0 Å². The van der Waals surface area contributed by atoms with Gasteiger partial charge >= 0.3 is 6.18 Å². The zero-order valence-corrected chi connectivity index (χ0v) is 18.1. The van der Waals surface area contributed by atoms with E-state index < -0.39 is 11.7 Å². The van der Waals surface area contributed by atoms with Gasteiger partial charge in [0.2, 0.25) is 0 Å². The third-order valence-corrected chi connectivity index (χ3v) is 6.42. The average Bonchev–Trinajstić information content (AvgIpc) is 2.81. The summed E-state index contributed by atoms with van der Waals surface area (Å²) in [4.78, 5) is 16.7. The van der Waals surface area contributed by atoms with Crippen molar-refractivity contribution >= 4 is 5.91 Å². The average molecular weight is 447 g/mol. The lowest BCUT2D eigenvalue weighted by molar-refractivity contribution is -0.137. The fraction of sp³-hybridized carbons (Fsp3) is 0.480. The molecule has 2 aromatic carbocycles. The molecular weight excluding hydrogens is 417 g/mol. The molecule has 2 saturated heterocycles. The third-order valence-electron chi connectivity index (χ3n) is 6.42. The van der Waals surface area contributed by atoms with Crippen LogP contribution in [0.2, 0.25) is 0 Å². The number of hydrogen-bond donors (Lipinski definition) is 0. The van der Waals surface area contributed by atoms with Crippen LogP contribution in [0.5, 0.6) is 0 Å². The lowest BCUT2D eigenvalue weighted by atomic mass is 9.89. The van der Waals surface area contributed by atoms with Crippen LogP contribution in [0.25, 0.3) is 0 Å². The summed E-state index contributed by atoms with van der Waals surface area (Å²) in [6, 6.07) is 13.4. The fourth-order valence-corrected chi connectivity index (χ4v) is 4.47. The number of halogens is 3. The molecule has 0 spiro atoms. The van der Waals surface area contributed by atoms with E-state index in [1.54, 1.807) is 12.1 Å². The number of nitrogens with zero attached hydrogens (tertiary/aromatic N) is 2. The molecule has 2 aromatic rings. The van der Waals surface area contributed by atoms with Gasteiger partial charge in [0, 0.05) is 25.2 Å². The second-order valence-corrected chi connectivity index (χ2v) is 8.72. The van der Waals surface area contributed by atoms with Gasteiger partial charge in [-0.3, -0.25) is 9.69 Å². The summed E-state index contributed by atoms with van der Waals surface area (Å²) in [5.74, 6) is 0.649. The number of carbonyl (C=O) groups is 1. The summed E-state index contributed by atoms with van der Waals surface area (Å²) in [5, 5.41) is 0. The molecule has 172 valence electrons. The number of benzene rings is 2. The monoisotopic (exact) mass is 446 g/mol. The molecule has 1 amide bonds. The molecule has 0 saturated carbocycles. The Kier molecular flexibility index (Phi) is 7.16. The zero-order chi connectivity index (χ0) is 22.6. The van der Waals surface area contributed by atoms with Gasteiger partial charge in [-0.2, -0.15) is 13.2 Å². The summed E-state index contributed by atoms with van der Waals surface area (Å²) in [5.41, 5.74) is 2.28. The molecule has 2 fully saturated rings. The maximum atomic E-state index is 12.7. The Labute approximate surface area is 187 Å². The van der Waals surface area contributed by atoms with E-state index in [2.05, 4.69) is 17.0 Å². The number of hydrogen-bond acceptors (Lipinski definition) is 3. The number of morpholine rings is 1. The molecule has 4 nitrogen and oxygen atoms in total. The van der Waals surface area contributed by atoms with Crippen molar-refractivity contribution in [3.63, 3.8) is 0 Å². The molecule has 0 atom stereocenters. The molecule has 2 aliphatic heterocycles. The van der Waals surface area contributed by atoms with E-state index in [1.807, 2.05) is 17.0 Å². The summed E-state index contributed by atoms with van der Waals surface area (Å²) in [7, 11) is 0. The molecule has 0 aromatic heterocycles. The standard InChI is InChI=1S/C25H29F3N2O2/c26-25(27,28)23-7-3-21(4-8-23)18-29-11-9-20(10-12-29)17-19-1-5-22(6-2-19)24(31)30-13-15-32-16-14-30/h1-8,20H,9-18H2. The first-order valence-corrected chi connectivity index (χ1v) is 11.2. The van der Waals surface area contributed by atoms with Crippen molar-refractivity contribution in [3.05, 3.63) is 70.8 Å². The fourth-order valence-electron chi connectivity index (χ4n) is 4.47. The molecule has 32 heavy (non-hydrogen) atoms. The second kappa shape index (κ2) is 10.0. The Morgan fingerprint density at radius 2 is 1.47 bits per heavy atom. The van der Waals surface area contributed by atoms with Gasteiger partial charge in [0.05, 0.1) is 18.8 Å². The molecule has 4 rings (SSSR count). The number of amides is 1. The first-order chi connectivity index (χ1) is 15.4. The summed E-state index contributed by atoms with van der Waals surface area (Å²) in [6.07, 6.45) is -1.17. The van der Waals surface area contributed by atoms with E-state index in [9.17, 15) is 18.0 Å². The quantitative estimate of drug-likeness (QED) is 0.671. The molecule has 7 heteroatoms. The van der Waals surface area contributed by atoms with E-state index in [1.165, 1.54) is 5.56 Å². The lowest BCUT2D eigenvalue weighted by Gasteiger charge is -2.32. The van der Waals surface area contributed by atoms with Crippen molar-refractivity contribution in [2.45, 2.75) is 32.0 Å². The maximum Gasteiger partial charge on any atom is 0.416 e. The van der Waals surface area contributed by atoms with Crippen LogP contribution in [-0.2, 0) is 23.9 Å². The molecule has 2 heterocycles. The predicted octanol–water partition coefficient (Wildman–Crippen LogP) is 4.63. The topological polar surface area (TPSA) is 32.8 Å². The smallest absolute Gasteiger partial charge is 0.378 e. The number of ether oxygens (including phenoxy) is 1. The number of likely N-dealkylation sites (tertiary alicyclic amines) is 1. The highest BCUT2D eigenvalue weighted by Crippen LogP contribution is 2.29. The van der Waals surface area contributed by atoms with Crippen LogP contribution >= 0.6 is 0 Å². The molecule has 0 radical (unpaired) electrons. The molecule has 0 N–H and O–H groups in total. The highest BCUT2D eigenvalue weighted by Gasteiger charge is 2.30. The van der Waals surface area contributed by atoms with Gasteiger partial charge in [-0.25, -0.2) is 0 Å². The highest BCUT2D eigenvalue weighted by molar-refractivity contribution is 5.94. The van der Waals surface area contributed by atoms with Crippen LogP contribution in [0.4, 0.5) is 13.2 Å². The van der Waals surface area contributed by atoms with E-state index in [0.717, 1.165) is 55.6 Å². The first-order valence-electron chi connectivity index (χ1n) is 11.2. The summed E-state index contributed by atoms with van der Waals surface area (Å²) < 4.78 is 43.4. The summed E-state index contributed by atoms with van der Waals surface area (Å²) in [6.45, 7) is 5.06. The molecule has 0 bridgehead atoms.